The molecule has 0 atom stereocenters. The number of esters is 1. The number of nitrogens with zero attached hydrogens (tertiary/aromatic N) is 4. The molecule has 14 heteroatoms. The summed E-state index contributed by atoms with van der Waals surface area (Å²) in [6.07, 6.45) is -0.465. The molecule has 4 rings (SSSR count). The maximum Gasteiger partial charge on any atom is 0.409 e. The summed E-state index contributed by atoms with van der Waals surface area (Å²) in [7, 11) is -3.83. The van der Waals surface area contributed by atoms with Crippen LogP contribution in [0.5, 0.6) is 5.75 Å². The fourth-order valence-electron chi connectivity index (χ4n) is 4.33. The van der Waals surface area contributed by atoms with E-state index in [1.165, 1.54) is 44.8 Å². The van der Waals surface area contributed by atoms with Gasteiger partial charge >= 0.3 is 12.1 Å². The minimum Gasteiger partial charge on any atom is -0.492 e. The fraction of sp³-hybridized carbons (Fsp3) is 0.407. The van der Waals surface area contributed by atoms with E-state index in [0.29, 0.717) is 17.9 Å². The van der Waals surface area contributed by atoms with E-state index in [4.69, 9.17) is 14.2 Å². The van der Waals surface area contributed by atoms with Crippen molar-refractivity contribution in [3.8, 4) is 5.75 Å². The third kappa shape index (κ3) is 6.77. The molecule has 1 saturated heterocycles. The van der Waals surface area contributed by atoms with Crippen LogP contribution in [0, 0.1) is 0 Å². The van der Waals surface area contributed by atoms with Gasteiger partial charge in [-0.3, -0.25) is 9.59 Å². The van der Waals surface area contributed by atoms with Crippen molar-refractivity contribution in [2.45, 2.75) is 32.2 Å². The Morgan fingerprint density at radius 1 is 0.902 bits per heavy atom. The van der Waals surface area contributed by atoms with Crippen molar-refractivity contribution >= 4 is 49.5 Å². The number of hydrogen-bond donors (Lipinski definition) is 0. The van der Waals surface area contributed by atoms with Gasteiger partial charge < -0.3 is 23.7 Å². The summed E-state index contributed by atoms with van der Waals surface area (Å²) in [5, 5.41) is 0. The SMILES string of the molecule is CCOC(=O)Cn1c(=NC(=O)c2ccc(S(=O)(=O)N3CCN(C(=O)OCC)CC3)cc2)sc2cccc(OCC)c21. The van der Waals surface area contributed by atoms with E-state index in [-0.39, 0.29) is 61.2 Å². The number of ether oxygens (including phenoxy) is 3. The van der Waals surface area contributed by atoms with Gasteiger partial charge in [0.2, 0.25) is 10.0 Å². The lowest BCUT2D eigenvalue weighted by molar-refractivity contribution is -0.143. The second-order valence-electron chi connectivity index (χ2n) is 8.84. The molecule has 0 bridgehead atoms. The number of carbonyl (C=O) groups excluding carboxylic acids is 3. The Labute approximate surface area is 241 Å². The van der Waals surface area contributed by atoms with Crippen LogP contribution >= 0.6 is 11.3 Å². The smallest absolute Gasteiger partial charge is 0.409 e. The Kier molecular flexibility index (Phi) is 9.78. The number of aromatic nitrogens is 1. The van der Waals surface area contributed by atoms with E-state index in [1.807, 2.05) is 19.1 Å². The van der Waals surface area contributed by atoms with Crippen LogP contribution in [0.25, 0.3) is 10.2 Å². The van der Waals surface area contributed by atoms with Gasteiger partial charge in [-0.25, -0.2) is 13.2 Å². The lowest BCUT2D eigenvalue weighted by Crippen LogP contribution is -2.50. The van der Waals surface area contributed by atoms with Crippen molar-refractivity contribution in [2.24, 2.45) is 4.99 Å². The van der Waals surface area contributed by atoms with E-state index >= 15 is 0 Å². The van der Waals surface area contributed by atoms with Gasteiger partial charge in [-0.2, -0.15) is 9.30 Å². The number of amides is 2. The minimum atomic E-state index is -3.83. The highest BCUT2D eigenvalue weighted by atomic mass is 32.2. The molecule has 0 aliphatic carbocycles. The maximum atomic E-state index is 13.2. The summed E-state index contributed by atoms with van der Waals surface area (Å²) in [4.78, 5) is 43.5. The van der Waals surface area contributed by atoms with Crippen LogP contribution in [-0.4, -0.2) is 86.2 Å². The van der Waals surface area contributed by atoms with Gasteiger partial charge in [0.1, 0.15) is 17.8 Å². The largest absolute Gasteiger partial charge is 0.492 e. The van der Waals surface area contributed by atoms with Crippen LogP contribution in [-0.2, 0) is 30.8 Å². The number of hydrogen-bond acceptors (Lipinski definition) is 9. The Morgan fingerprint density at radius 3 is 2.22 bits per heavy atom. The number of para-hydroxylation sites is 1. The zero-order valence-electron chi connectivity index (χ0n) is 23.1. The molecule has 1 aliphatic heterocycles. The molecule has 3 aromatic rings. The molecular formula is C27H32N4O8S2. The number of carbonyl (C=O) groups is 3. The Bertz CT molecular complexity index is 1590. The maximum absolute atomic E-state index is 13.2. The van der Waals surface area contributed by atoms with Crippen molar-refractivity contribution in [1.29, 1.82) is 0 Å². The molecule has 220 valence electrons. The Morgan fingerprint density at radius 2 is 1.59 bits per heavy atom. The highest BCUT2D eigenvalue weighted by Crippen LogP contribution is 2.28. The molecule has 12 nitrogen and oxygen atoms in total. The summed E-state index contributed by atoms with van der Waals surface area (Å²) < 4.78 is 45.9. The molecular weight excluding hydrogens is 572 g/mol. The third-order valence-electron chi connectivity index (χ3n) is 6.26. The summed E-state index contributed by atoms with van der Waals surface area (Å²) in [5.74, 6) is -0.527. The van der Waals surface area contributed by atoms with Gasteiger partial charge in [0.15, 0.2) is 4.80 Å². The topological polar surface area (TPSA) is 137 Å². The number of piperazine rings is 1. The Balaban J connectivity index is 1.58. The van der Waals surface area contributed by atoms with Crippen LogP contribution in [0.3, 0.4) is 0 Å². The van der Waals surface area contributed by atoms with E-state index in [9.17, 15) is 22.8 Å². The van der Waals surface area contributed by atoms with Crippen LogP contribution in [0.2, 0.25) is 0 Å². The quantitative estimate of drug-likeness (QED) is 0.340. The molecule has 0 unspecified atom stereocenters. The molecule has 1 fully saturated rings. The van der Waals surface area contributed by atoms with Gasteiger partial charge in [0.05, 0.1) is 29.4 Å². The van der Waals surface area contributed by atoms with E-state index in [0.717, 1.165) is 4.70 Å². The average Bonchev–Trinajstić information content (AvgIpc) is 3.30. The summed E-state index contributed by atoms with van der Waals surface area (Å²) in [6.45, 7) is 6.69. The molecule has 2 aromatic carbocycles. The molecule has 0 saturated carbocycles. The molecule has 41 heavy (non-hydrogen) atoms. The molecule has 1 aromatic heterocycles. The van der Waals surface area contributed by atoms with Crippen molar-refractivity contribution in [3.63, 3.8) is 0 Å². The summed E-state index contributed by atoms with van der Waals surface area (Å²) >= 11 is 1.23. The minimum absolute atomic E-state index is 0.0271. The average molecular weight is 605 g/mol. The zero-order valence-corrected chi connectivity index (χ0v) is 24.7. The molecule has 0 spiro atoms. The van der Waals surface area contributed by atoms with Crippen molar-refractivity contribution < 1.29 is 37.0 Å². The van der Waals surface area contributed by atoms with Crippen LogP contribution in [0.15, 0.2) is 52.4 Å². The molecule has 2 heterocycles. The van der Waals surface area contributed by atoms with Gasteiger partial charge in [-0.15, -0.1) is 0 Å². The molecule has 1 aliphatic rings. The van der Waals surface area contributed by atoms with Crippen LogP contribution in [0.4, 0.5) is 4.79 Å². The van der Waals surface area contributed by atoms with Gasteiger partial charge in [-0.05, 0) is 57.2 Å². The molecule has 0 N–H and O–H groups in total. The fourth-order valence-corrected chi connectivity index (χ4v) is 6.80. The van der Waals surface area contributed by atoms with Gasteiger partial charge in [0, 0.05) is 31.7 Å². The third-order valence-corrected chi connectivity index (χ3v) is 9.21. The second-order valence-corrected chi connectivity index (χ2v) is 11.8. The predicted octanol–water partition coefficient (Wildman–Crippen LogP) is 2.87. The zero-order chi connectivity index (χ0) is 29.6. The number of fused-ring (bicyclic) bond motifs is 1. The first kappa shape index (κ1) is 30.2. The van der Waals surface area contributed by atoms with Crippen LogP contribution in [0.1, 0.15) is 31.1 Å². The highest BCUT2D eigenvalue weighted by molar-refractivity contribution is 7.89. The lowest BCUT2D eigenvalue weighted by atomic mass is 10.2. The summed E-state index contributed by atoms with van der Waals surface area (Å²) in [5.41, 5.74) is 0.810. The second kappa shape index (κ2) is 13.3. The monoisotopic (exact) mass is 604 g/mol. The predicted molar refractivity (Wildman–Crippen MR) is 151 cm³/mol. The lowest BCUT2D eigenvalue weighted by Gasteiger charge is -2.33. The normalized spacial score (nSPS) is 14.7. The standard InChI is InChI=1S/C27H32N4O8S2/c1-4-37-21-8-7-9-22-24(21)31(18-23(32)38-5-2)26(40-22)28-25(33)19-10-12-20(13-11-19)41(35,36)30-16-14-29(15-17-30)27(34)39-6-3/h7-13H,4-6,14-18H2,1-3H3. The number of benzene rings is 2. The number of thiazole rings is 1. The molecule has 2 amide bonds. The molecule has 0 radical (unpaired) electrons. The van der Waals surface area contributed by atoms with Gasteiger partial charge in [-0.1, -0.05) is 17.4 Å². The number of sulfonamides is 1. The first-order chi connectivity index (χ1) is 19.7. The van der Waals surface area contributed by atoms with E-state index < -0.39 is 28.0 Å². The number of rotatable bonds is 9. The summed E-state index contributed by atoms with van der Waals surface area (Å²) in [6, 6.07) is 11.0. The van der Waals surface area contributed by atoms with Crippen LogP contribution < -0.4 is 9.54 Å². The van der Waals surface area contributed by atoms with Crippen molar-refractivity contribution in [2.75, 3.05) is 46.0 Å². The highest BCUT2D eigenvalue weighted by Gasteiger charge is 2.30. The van der Waals surface area contributed by atoms with E-state index in [1.54, 1.807) is 24.5 Å². The first-order valence-electron chi connectivity index (χ1n) is 13.2. The van der Waals surface area contributed by atoms with Crippen molar-refractivity contribution in [1.82, 2.24) is 13.8 Å². The van der Waals surface area contributed by atoms with Gasteiger partial charge in [0.25, 0.3) is 5.91 Å². The Hall–Kier alpha value is -3.75. The van der Waals surface area contributed by atoms with E-state index in [2.05, 4.69) is 4.99 Å². The van der Waals surface area contributed by atoms with Crippen molar-refractivity contribution in [3.05, 3.63) is 52.8 Å². The first-order valence-corrected chi connectivity index (χ1v) is 15.5.